The van der Waals surface area contributed by atoms with E-state index in [1.165, 1.54) is 12.4 Å². The van der Waals surface area contributed by atoms with Crippen LogP contribution in [-0.2, 0) is 11.2 Å². The highest BCUT2D eigenvalue weighted by atomic mass is 79.9. The molecule has 0 spiro atoms. The van der Waals surface area contributed by atoms with Crippen LogP contribution >= 0.6 is 15.9 Å². The van der Waals surface area contributed by atoms with Gasteiger partial charge in [0.25, 0.3) is 0 Å². The Morgan fingerprint density at radius 1 is 1.23 bits per heavy atom. The van der Waals surface area contributed by atoms with Crippen molar-refractivity contribution in [2.45, 2.75) is 45.3 Å². The zero-order valence-corrected chi connectivity index (χ0v) is 18.6. The van der Waals surface area contributed by atoms with Gasteiger partial charge in [-0.2, -0.15) is 0 Å². The van der Waals surface area contributed by atoms with Gasteiger partial charge in [-0.15, -0.1) is 0 Å². The number of nitrogens with zero attached hydrogens (tertiary/aromatic N) is 4. The molecule has 30 heavy (non-hydrogen) atoms. The highest BCUT2D eigenvalue weighted by molar-refractivity contribution is 9.10. The van der Waals surface area contributed by atoms with Gasteiger partial charge in [0, 0.05) is 38.2 Å². The van der Waals surface area contributed by atoms with E-state index in [2.05, 4.69) is 25.9 Å². The predicted octanol–water partition coefficient (Wildman–Crippen LogP) is 4.46. The molecule has 0 N–H and O–H groups in total. The third kappa shape index (κ3) is 4.35. The summed E-state index contributed by atoms with van der Waals surface area (Å²) in [5.74, 6) is 1.01. The molecule has 0 atom stereocenters. The maximum Gasteiger partial charge on any atom is 0.410 e. The smallest absolute Gasteiger partial charge is 0.410 e. The third-order valence-corrected chi connectivity index (χ3v) is 5.90. The van der Waals surface area contributed by atoms with E-state index in [0.29, 0.717) is 42.8 Å². The van der Waals surface area contributed by atoms with Crippen molar-refractivity contribution >= 4 is 33.5 Å². The van der Waals surface area contributed by atoms with Gasteiger partial charge in [-0.1, -0.05) is 0 Å². The number of rotatable bonds is 4. The lowest BCUT2D eigenvalue weighted by Crippen LogP contribution is -2.42. The molecule has 7 nitrogen and oxygen atoms in total. The maximum atomic E-state index is 14.0. The van der Waals surface area contributed by atoms with Gasteiger partial charge in [0.1, 0.15) is 24.1 Å². The standard InChI is InChI=1S/C21H24BrFN4O3/c1-13(2)29-21(28)26-8-5-15(6-9-26)30-20-16-7-10-27(19(16)24-12-25-20)14-3-4-17(22)18(23)11-14/h3-4,11-13,15H,5-10H2,1-2H3. The number of likely N-dealkylation sites (tertiary alicyclic amines) is 1. The van der Waals surface area contributed by atoms with Crippen LogP contribution in [0.5, 0.6) is 5.88 Å². The van der Waals surface area contributed by atoms with E-state index in [-0.39, 0.29) is 24.1 Å². The van der Waals surface area contributed by atoms with Crippen molar-refractivity contribution in [2.24, 2.45) is 0 Å². The Bertz CT molecular complexity index is 934. The highest BCUT2D eigenvalue weighted by Crippen LogP contribution is 2.38. The van der Waals surface area contributed by atoms with Gasteiger partial charge in [0.15, 0.2) is 0 Å². The van der Waals surface area contributed by atoms with E-state index >= 15 is 0 Å². The van der Waals surface area contributed by atoms with Gasteiger partial charge in [0.05, 0.1) is 16.1 Å². The van der Waals surface area contributed by atoms with Crippen LogP contribution in [0.15, 0.2) is 29.0 Å². The minimum atomic E-state index is -0.311. The number of piperidine rings is 1. The Morgan fingerprint density at radius 3 is 2.70 bits per heavy atom. The molecule has 2 aromatic rings. The summed E-state index contributed by atoms with van der Waals surface area (Å²) in [5.41, 5.74) is 1.68. The monoisotopic (exact) mass is 478 g/mol. The summed E-state index contributed by atoms with van der Waals surface area (Å²) in [7, 11) is 0. The fraction of sp³-hybridized carbons (Fsp3) is 0.476. The minimum absolute atomic E-state index is 0.0220. The second-order valence-corrected chi connectivity index (χ2v) is 8.57. The summed E-state index contributed by atoms with van der Waals surface area (Å²) in [5, 5.41) is 0. The molecular formula is C21H24BrFN4O3. The molecule has 0 radical (unpaired) electrons. The third-order valence-electron chi connectivity index (χ3n) is 5.25. The summed E-state index contributed by atoms with van der Waals surface area (Å²) in [6, 6.07) is 5.05. The van der Waals surface area contributed by atoms with Crippen LogP contribution < -0.4 is 9.64 Å². The van der Waals surface area contributed by atoms with E-state index in [1.54, 1.807) is 11.0 Å². The fourth-order valence-electron chi connectivity index (χ4n) is 3.76. The predicted molar refractivity (Wildman–Crippen MR) is 114 cm³/mol. The lowest BCUT2D eigenvalue weighted by Gasteiger charge is -2.32. The van der Waals surface area contributed by atoms with E-state index in [0.717, 1.165) is 23.5 Å². The molecular weight excluding hydrogens is 455 g/mol. The number of ether oxygens (including phenoxy) is 2. The summed E-state index contributed by atoms with van der Waals surface area (Å²) in [6.07, 6.45) is 3.22. The van der Waals surface area contributed by atoms with Crippen molar-refractivity contribution in [3.63, 3.8) is 0 Å². The number of amides is 1. The molecule has 160 valence electrons. The van der Waals surface area contributed by atoms with Crippen molar-refractivity contribution in [3.8, 4) is 5.88 Å². The second-order valence-electron chi connectivity index (χ2n) is 7.72. The average molecular weight is 479 g/mol. The first-order valence-corrected chi connectivity index (χ1v) is 10.9. The summed E-state index contributed by atoms with van der Waals surface area (Å²) in [4.78, 5) is 24.5. The molecule has 0 unspecified atom stereocenters. The van der Waals surface area contributed by atoms with Crippen molar-refractivity contribution in [1.29, 1.82) is 0 Å². The highest BCUT2D eigenvalue weighted by Gasteiger charge is 2.30. The Labute approximate surface area is 183 Å². The van der Waals surface area contributed by atoms with E-state index < -0.39 is 0 Å². The molecule has 3 heterocycles. The van der Waals surface area contributed by atoms with Crippen molar-refractivity contribution < 1.29 is 18.7 Å². The first kappa shape index (κ1) is 20.8. The SMILES string of the molecule is CC(C)OC(=O)N1CCC(Oc2ncnc3c2CCN3c2ccc(Br)c(F)c2)CC1. The van der Waals surface area contributed by atoms with Gasteiger partial charge in [0.2, 0.25) is 5.88 Å². The van der Waals surface area contributed by atoms with Crippen LogP contribution in [0.25, 0.3) is 0 Å². The van der Waals surface area contributed by atoms with Gasteiger partial charge in [-0.05, 0) is 54.4 Å². The Kier molecular flexibility index (Phi) is 6.08. The van der Waals surface area contributed by atoms with Crippen LogP contribution in [0.2, 0.25) is 0 Å². The largest absolute Gasteiger partial charge is 0.474 e. The molecule has 0 aliphatic carbocycles. The number of fused-ring (bicyclic) bond motifs is 1. The molecule has 1 fully saturated rings. The Morgan fingerprint density at radius 2 is 2.00 bits per heavy atom. The number of anilines is 2. The zero-order valence-electron chi connectivity index (χ0n) is 17.0. The van der Waals surface area contributed by atoms with Gasteiger partial charge >= 0.3 is 6.09 Å². The van der Waals surface area contributed by atoms with Gasteiger partial charge in [-0.3, -0.25) is 0 Å². The fourth-order valence-corrected chi connectivity index (χ4v) is 4.01. The molecule has 4 rings (SSSR count). The van der Waals surface area contributed by atoms with Crippen molar-refractivity contribution in [3.05, 3.63) is 40.4 Å². The number of carbonyl (C=O) groups excluding carboxylic acids is 1. The van der Waals surface area contributed by atoms with Gasteiger partial charge in [-0.25, -0.2) is 19.2 Å². The summed E-state index contributed by atoms with van der Waals surface area (Å²) in [6.45, 7) is 5.55. The van der Waals surface area contributed by atoms with Crippen LogP contribution in [0.1, 0.15) is 32.3 Å². The average Bonchev–Trinajstić information content (AvgIpc) is 3.15. The number of hydrogen-bond donors (Lipinski definition) is 0. The first-order chi connectivity index (χ1) is 14.4. The molecule has 9 heteroatoms. The molecule has 1 amide bonds. The zero-order chi connectivity index (χ0) is 21.3. The summed E-state index contributed by atoms with van der Waals surface area (Å²) < 4.78 is 25.9. The first-order valence-electron chi connectivity index (χ1n) is 10.1. The number of aromatic nitrogens is 2. The lowest BCUT2D eigenvalue weighted by molar-refractivity contribution is 0.0505. The Hall–Kier alpha value is -2.42. The molecule has 2 aliphatic heterocycles. The van der Waals surface area contributed by atoms with Crippen molar-refractivity contribution in [2.75, 3.05) is 24.5 Å². The summed E-state index contributed by atoms with van der Waals surface area (Å²) >= 11 is 3.19. The number of halogens is 2. The van der Waals surface area contributed by atoms with Crippen LogP contribution in [-0.4, -0.2) is 52.8 Å². The van der Waals surface area contributed by atoms with E-state index in [9.17, 15) is 9.18 Å². The quantitative estimate of drug-likeness (QED) is 0.645. The number of carbonyl (C=O) groups is 1. The molecule has 0 bridgehead atoms. The van der Waals surface area contributed by atoms with E-state index in [4.69, 9.17) is 9.47 Å². The Balaban J connectivity index is 1.43. The number of hydrogen-bond acceptors (Lipinski definition) is 6. The normalized spacial score (nSPS) is 16.7. The second kappa shape index (κ2) is 8.75. The van der Waals surface area contributed by atoms with Crippen molar-refractivity contribution in [1.82, 2.24) is 14.9 Å². The molecule has 2 aliphatic rings. The topological polar surface area (TPSA) is 67.8 Å². The molecule has 1 saturated heterocycles. The number of benzene rings is 1. The van der Waals surface area contributed by atoms with Gasteiger partial charge < -0.3 is 19.3 Å². The minimum Gasteiger partial charge on any atom is -0.474 e. The van der Waals surface area contributed by atoms with Crippen LogP contribution in [0.4, 0.5) is 20.7 Å². The van der Waals surface area contributed by atoms with E-state index in [1.807, 2.05) is 24.8 Å². The molecule has 1 aromatic heterocycles. The maximum absolute atomic E-state index is 14.0. The molecule has 1 aromatic carbocycles. The molecule has 0 saturated carbocycles. The lowest BCUT2D eigenvalue weighted by atomic mass is 10.1. The van der Waals surface area contributed by atoms with Crippen LogP contribution in [0, 0.1) is 5.82 Å². The van der Waals surface area contributed by atoms with Crippen LogP contribution in [0.3, 0.4) is 0 Å².